The normalized spacial score (nSPS) is 15.8. The monoisotopic (exact) mass is 353 g/mol. The molecule has 2 aromatic rings. The van der Waals surface area contributed by atoms with Crippen LogP contribution in [0.5, 0.6) is 5.75 Å². The zero-order valence-corrected chi connectivity index (χ0v) is 14.9. The van der Waals surface area contributed by atoms with E-state index in [4.69, 9.17) is 9.84 Å². The van der Waals surface area contributed by atoms with Crippen LogP contribution in [0.2, 0.25) is 0 Å². The molecule has 0 spiro atoms. The van der Waals surface area contributed by atoms with Crippen molar-refractivity contribution >= 4 is 11.9 Å². The fourth-order valence-electron chi connectivity index (χ4n) is 3.41. The van der Waals surface area contributed by atoms with Crippen molar-refractivity contribution in [2.24, 2.45) is 5.92 Å². The molecule has 3 rings (SSSR count). The van der Waals surface area contributed by atoms with E-state index in [1.807, 2.05) is 25.2 Å². The van der Waals surface area contributed by atoms with E-state index in [0.717, 1.165) is 24.8 Å². The SMILES string of the molecule is CN(Cc1ccc(OCC(=O)O)cc1)C(=O)C1CCc2ccccc2C1. The number of carboxylic acid groups (broad SMARTS) is 1. The van der Waals surface area contributed by atoms with Crippen molar-refractivity contribution in [3.8, 4) is 5.75 Å². The summed E-state index contributed by atoms with van der Waals surface area (Å²) in [6, 6.07) is 15.5. The van der Waals surface area contributed by atoms with Crippen molar-refractivity contribution in [3.05, 3.63) is 65.2 Å². The van der Waals surface area contributed by atoms with Gasteiger partial charge in [-0.25, -0.2) is 4.79 Å². The van der Waals surface area contributed by atoms with Crippen molar-refractivity contribution in [2.45, 2.75) is 25.8 Å². The Balaban J connectivity index is 1.57. The molecular weight excluding hydrogens is 330 g/mol. The van der Waals surface area contributed by atoms with Crippen LogP contribution >= 0.6 is 0 Å². The molecule has 5 nitrogen and oxygen atoms in total. The molecule has 0 fully saturated rings. The van der Waals surface area contributed by atoms with Gasteiger partial charge in [0.2, 0.25) is 5.91 Å². The number of ether oxygens (including phenoxy) is 1. The van der Waals surface area contributed by atoms with E-state index >= 15 is 0 Å². The van der Waals surface area contributed by atoms with E-state index in [2.05, 4.69) is 18.2 Å². The number of carboxylic acids is 1. The number of aryl methyl sites for hydroxylation is 1. The third-order valence-electron chi connectivity index (χ3n) is 4.78. The Morgan fingerprint density at radius 3 is 2.50 bits per heavy atom. The summed E-state index contributed by atoms with van der Waals surface area (Å²) in [5.41, 5.74) is 3.63. The maximum Gasteiger partial charge on any atom is 0.341 e. The van der Waals surface area contributed by atoms with Gasteiger partial charge in [-0.3, -0.25) is 4.79 Å². The second-order valence-corrected chi connectivity index (χ2v) is 6.73. The lowest BCUT2D eigenvalue weighted by Gasteiger charge is -2.28. The highest BCUT2D eigenvalue weighted by molar-refractivity contribution is 5.79. The van der Waals surface area contributed by atoms with E-state index < -0.39 is 5.97 Å². The number of carbonyl (C=O) groups is 2. The average molecular weight is 353 g/mol. The van der Waals surface area contributed by atoms with Gasteiger partial charge >= 0.3 is 5.97 Å². The minimum Gasteiger partial charge on any atom is -0.482 e. The Kier molecular flexibility index (Phi) is 5.56. The lowest BCUT2D eigenvalue weighted by molar-refractivity contribution is -0.139. The number of aliphatic carboxylic acids is 1. The smallest absolute Gasteiger partial charge is 0.341 e. The van der Waals surface area contributed by atoms with Gasteiger partial charge in [0.15, 0.2) is 6.61 Å². The first-order chi connectivity index (χ1) is 12.5. The maximum absolute atomic E-state index is 12.8. The second kappa shape index (κ2) is 8.04. The van der Waals surface area contributed by atoms with Crippen LogP contribution in [0, 0.1) is 5.92 Å². The largest absolute Gasteiger partial charge is 0.482 e. The Bertz CT molecular complexity index is 785. The summed E-state index contributed by atoms with van der Waals surface area (Å²) in [6.07, 6.45) is 2.65. The van der Waals surface area contributed by atoms with Crippen molar-refractivity contribution in [1.29, 1.82) is 0 Å². The van der Waals surface area contributed by atoms with E-state index in [9.17, 15) is 9.59 Å². The standard InChI is InChI=1S/C21H23NO4/c1-22(13-15-6-10-19(11-7-15)26-14-20(23)24)21(25)18-9-8-16-4-2-3-5-17(16)12-18/h2-7,10-11,18H,8-9,12-14H2,1H3,(H,23,24). The number of amides is 1. The minimum atomic E-state index is -1.01. The topological polar surface area (TPSA) is 66.8 Å². The van der Waals surface area contributed by atoms with Gasteiger partial charge in [0.25, 0.3) is 0 Å². The molecule has 26 heavy (non-hydrogen) atoms. The number of carbonyl (C=O) groups excluding carboxylic acids is 1. The molecule has 0 radical (unpaired) electrons. The Morgan fingerprint density at radius 1 is 1.12 bits per heavy atom. The average Bonchev–Trinajstić information content (AvgIpc) is 2.66. The molecule has 136 valence electrons. The maximum atomic E-state index is 12.8. The molecule has 0 bridgehead atoms. The van der Waals surface area contributed by atoms with Crippen LogP contribution in [-0.4, -0.2) is 35.5 Å². The number of benzene rings is 2. The Hall–Kier alpha value is -2.82. The summed E-state index contributed by atoms with van der Waals surface area (Å²) in [5.74, 6) is -0.291. The number of fused-ring (bicyclic) bond motifs is 1. The van der Waals surface area contributed by atoms with Gasteiger partial charge in [-0.15, -0.1) is 0 Å². The molecule has 2 aromatic carbocycles. The number of hydrogen-bond donors (Lipinski definition) is 1. The number of hydrogen-bond acceptors (Lipinski definition) is 3. The van der Waals surface area contributed by atoms with Gasteiger partial charge < -0.3 is 14.7 Å². The predicted octanol–water partition coefficient (Wildman–Crippen LogP) is 2.91. The van der Waals surface area contributed by atoms with Crippen LogP contribution in [0.3, 0.4) is 0 Å². The fourth-order valence-corrected chi connectivity index (χ4v) is 3.41. The van der Waals surface area contributed by atoms with Gasteiger partial charge in [-0.2, -0.15) is 0 Å². The van der Waals surface area contributed by atoms with Gasteiger partial charge in [0, 0.05) is 19.5 Å². The first-order valence-corrected chi connectivity index (χ1v) is 8.78. The molecular formula is C21H23NO4. The highest BCUT2D eigenvalue weighted by atomic mass is 16.5. The molecule has 1 aliphatic carbocycles. The van der Waals surface area contributed by atoms with Gasteiger partial charge in [0.05, 0.1) is 0 Å². The molecule has 1 N–H and O–H groups in total. The van der Waals surface area contributed by atoms with Gasteiger partial charge in [-0.05, 0) is 48.1 Å². The molecule has 0 aliphatic heterocycles. The third-order valence-corrected chi connectivity index (χ3v) is 4.78. The second-order valence-electron chi connectivity index (χ2n) is 6.73. The first-order valence-electron chi connectivity index (χ1n) is 8.78. The van der Waals surface area contributed by atoms with Crippen LogP contribution < -0.4 is 4.74 Å². The molecule has 1 aliphatic rings. The fraction of sp³-hybridized carbons (Fsp3) is 0.333. The summed E-state index contributed by atoms with van der Waals surface area (Å²) in [5, 5.41) is 8.63. The van der Waals surface area contributed by atoms with Gasteiger partial charge in [0.1, 0.15) is 5.75 Å². The van der Waals surface area contributed by atoms with E-state index in [-0.39, 0.29) is 18.4 Å². The Morgan fingerprint density at radius 2 is 1.81 bits per heavy atom. The molecule has 0 aromatic heterocycles. The van der Waals surface area contributed by atoms with Crippen LogP contribution in [-0.2, 0) is 29.0 Å². The summed E-state index contributed by atoms with van der Waals surface area (Å²) in [7, 11) is 1.83. The highest BCUT2D eigenvalue weighted by Gasteiger charge is 2.26. The van der Waals surface area contributed by atoms with Crippen LogP contribution in [0.15, 0.2) is 48.5 Å². The zero-order chi connectivity index (χ0) is 18.5. The van der Waals surface area contributed by atoms with Crippen LogP contribution in [0.1, 0.15) is 23.1 Å². The molecule has 1 atom stereocenters. The van der Waals surface area contributed by atoms with Crippen molar-refractivity contribution in [3.63, 3.8) is 0 Å². The number of rotatable bonds is 6. The molecule has 0 saturated heterocycles. The third kappa shape index (κ3) is 4.42. The van der Waals surface area contributed by atoms with Crippen molar-refractivity contribution < 1.29 is 19.4 Å². The predicted molar refractivity (Wildman–Crippen MR) is 98.0 cm³/mol. The number of nitrogens with zero attached hydrogens (tertiary/aromatic N) is 1. The van der Waals surface area contributed by atoms with Crippen molar-refractivity contribution in [1.82, 2.24) is 4.90 Å². The lowest BCUT2D eigenvalue weighted by atomic mass is 9.83. The molecule has 1 unspecified atom stereocenters. The van der Waals surface area contributed by atoms with E-state index in [1.165, 1.54) is 11.1 Å². The summed E-state index contributed by atoms with van der Waals surface area (Å²) < 4.78 is 5.12. The van der Waals surface area contributed by atoms with Gasteiger partial charge in [-0.1, -0.05) is 36.4 Å². The van der Waals surface area contributed by atoms with E-state index in [0.29, 0.717) is 12.3 Å². The molecule has 0 heterocycles. The zero-order valence-electron chi connectivity index (χ0n) is 14.9. The van der Waals surface area contributed by atoms with Crippen molar-refractivity contribution in [2.75, 3.05) is 13.7 Å². The minimum absolute atomic E-state index is 0.0353. The van der Waals surface area contributed by atoms with Crippen LogP contribution in [0.4, 0.5) is 0 Å². The first kappa shape index (κ1) is 18.0. The molecule has 1 amide bonds. The van der Waals surface area contributed by atoms with Crippen LogP contribution in [0.25, 0.3) is 0 Å². The summed E-state index contributed by atoms with van der Waals surface area (Å²) in [6.45, 7) is 0.164. The molecule has 0 saturated carbocycles. The summed E-state index contributed by atoms with van der Waals surface area (Å²) in [4.78, 5) is 25.1. The molecule has 5 heteroatoms. The highest BCUT2D eigenvalue weighted by Crippen LogP contribution is 2.27. The quantitative estimate of drug-likeness (QED) is 0.867. The lowest BCUT2D eigenvalue weighted by Crippen LogP contribution is -2.35. The Labute approximate surface area is 153 Å². The van der Waals surface area contributed by atoms with E-state index in [1.54, 1.807) is 17.0 Å². The summed E-state index contributed by atoms with van der Waals surface area (Å²) >= 11 is 0.